The quantitative estimate of drug-likeness (QED) is 0.303. The monoisotopic (exact) mass is 507 g/mol. The molecule has 8 heteroatoms. The van der Waals surface area contributed by atoms with Crippen molar-refractivity contribution in [3.63, 3.8) is 0 Å². The summed E-state index contributed by atoms with van der Waals surface area (Å²) in [6.07, 6.45) is 1.65. The third-order valence-electron chi connectivity index (χ3n) is 5.38. The van der Waals surface area contributed by atoms with Gasteiger partial charge in [0.25, 0.3) is 11.1 Å². The minimum absolute atomic E-state index is 0.0512. The Bertz CT molecular complexity index is 1280. The van der Waals surface area contributed by atoms with Crippen molar-refractivity contribution in [2.24, 2.45) is 0 Å². The Morgan fingerprint density at radius 1 is 0.944 bits per heavy atom. The molecule has 3 aromatic carbocycles. The van der Waals surface area contributed by atoms with Gasteiger partial charge in [0.1, 0.15) is 24.8 Å². The molecule has 0 radical (unpaired) electrons. The molecule has 0 unspecified atom stereocenters. The number of aryl methyl sites for hydroxylation is 1. The van der Waals surface area contributed by atoms with Gasteiger partial charge < -0.3 is 14.2 Å². The molecule has 36 heavy (non-hydrogen) atoms. The van der Waals surface area contributed by atoms with Crippen LogP contribution in [0.3, 0.4) is 0 Å². The Morgan fingerprint density at radius 2 is 1.72 bits per heavy atom. The summed E-state index contributed by atoms with van der Waals surface area (Å²) < 4.78 is 31.1. The fraction of sp³-hybridized carbons (Fsp3) is 0.214. The molecule has 1 fully saturated rings. The number of imide groups is 1. The minimum Gasteiger partial charge on any atom is -0.492 e. The lowest BCUT2D eigenvalue weighted by atomic mass is 10.1. The van der Waals surface area contributed by atoms with Gasteiger partial charge in [-0.25, -0.2) is 4.39 Å². The van der Waals surface area contributed by atoms with Gasteiger partial charge in [-0.3, -0.25) is 14.5 Å². The fourth-order valence-corrected chi connectivity index (χ4v) is 4.37. The summed E-state index contributed by atoms with van der Waals surface area (Å²) in [4.78, 5) is 26.8. The van der Waals surface area contributed by atoms with E-state index in [0.717, 1.165) is 17.3 Å². The second-order valence-electron chi connectivity index (χ2n) is 8.01. The maximum Gasteiger partial charge on any atom is 0.293 e. The highest BCUT2D eigenvalue weighted by Crippen LogP contribution is 2.35. The molecule has 1 aliphatic heterocycles. The number of benzene rings is 3. The molecule has 0 N–H and O–H groups in total. The second kappa shape index (κ2) is 11.8. The van der Waals surface area contributed by atoms with Crippen LogP contribution < -0.4 is 14.2 Å². The first kappa shape index (κ1) is 25.3. The lowest BCUT2D eigenvalue weighted by Gasteiger charge is -2.14. The van der Waals surface area contributed by atoms with Crippen LogP contribution in [-0.4, -0.2) is 35.8 Å². The zero-order valence-electron chi connectivity index (χ0n) is 20.0. The summed E-state index contributed by atoms with van der Waals surface area (Å²) in [7, 11) is 0. The van der Waals surface area contributed by atoms with Gasteiger partial charge in [-0.15, -0.1) is 0 Å². The van der Waals surface area contributed by atoms with Crippen molar-refractivity contribution >= 4 is 29.0 Å². The third-order valence-corrected chi connectivity index (χ3v) is 6.29. The molecule has 0 bridgehead atoms. The van der Waals surface area contributed by atoms with E-state index in [1.165, 1.54) is 11.0 Å². The van der Waals surface area contributed by atoms with Crippen LogP contribution in [0.4, 0.5) is 9.18 Å². The van der Waals surface area contributed by atoms with Crippen LogP contribution in [0, 0.1) is 12.7 Å². The maximum atomic E-state index is 13.9. The van der Waals surface area contributed by atoms with Gasteiger partial charge >= 0.3 is 0 Å². The van der Waals surface area contributed by atoms with E-state index in [9.17, 15) is 14.0 Å². The molecule has 6 nitrogen and oxygen atoms in total. The van der Waals surface area contributed by atoms with Gasteiger partial charge in [-0.05, 0) is 67.6 Å². The van der Waals surface area contributed by atoms with Gasteiger partial charge in [0.15, 0.2) is 11.5 Å². The molecule has 0 saturated carbocycles. The minimum atomic E-state index is -0.365. The third kappa shape index (κ3) is 6.26. The largest absolute Gasteiger partial charge is 0.492 e. The Balaban J connectivity index is 1.42. The van der Waals surface area contributed by atoms with Crippen LogP contribution >= 0.6 is 11.8 Å². The number of carbonyl (C=O) groups is 2. The molecule has 1 saturated heterocycles. The summed E-state index contributed by atoms with van der Waals surface area (Å²) in [5, 5.41) is -0.339. The van der Waals surface area contributed by atoms with Crippen molar-refractivity contribution < 1.29 is 28.2 Å². The molecule has 4 rings (SSSR count). The van der Waals surface area contributed by atoms with Crippen LogP contribution in [-0.2, 0) is 11.4 Å². The van der Waals surface area contributed by atoms with E-state index >= 15 is 0 Å². The first-order valence-electron chi connectivity index (χ1n) is 11.5. The van der Waals surface area contributed by atoms with Crippen molar-refractivity contribution in [2.45, 2.75) is 20.5 Å². The number of rotatable bonds is 10. The normalized spacial score (nSPS) is 14.4. The van der Waals surface area contributed by atoms with Crippen molar-refractivity contribution in [1.29, 1.82) is 0 Å². The number of nitrogens with zero attached hydrogens (tertiary/aromatic N) is 1. The average molecular weight is 508 g/mol. The van der Waals surface area contributed by atoms with Crippen LogP contribution in [0.5, 0.6) is 17.2 Å². The molecule has 3 aromatic rings. The Hall–Kier alpha value is -3.78. The summed E-state index contributed by atoms with van der Waals surface area (Å²) in [5.41, 5.74) is 2.23. The van der Waals surface area contributed by atoms with Crippen LogP contribution in [0.1, 0.15) is 23.6 Å². The zero-order chi connectivity index (χ0) is 25.5. The van der Waals surface area contributed by atoms with Crippen molar-refractivity contribution in [2.75, 3.05) is 19.8 Å². The van der Waals surface area contributed by atoms with Crippen molar-refractivity contribution in [3.8, 4) is 17.2 Å². The topological polar surface area (TPSA) is 65.1 Å². The summed E-state index contributed by atoms with van der Waals surface area (Å²) in [6.45, 7) is 4.64. The maximum absolute atomic E-state index is 13.9. The highest BCUT2D eigenvalue weighted by atomic mass is 32.2. The van der Waals surface area contributed by atoms with Crippen molar-refractivity contribution in [3.05, 3.63) is 94.1 Å². The van der Waals surface area contributed by atoms with Crippen molar-refractivity contribution in [1.82, 2.24) is 4.90 Å². The number of carbonyl (C=O) groups excluding carboxylic acids is 2. The molecule has 0 spiro atoms. The number of hydrogen-bond acceptors (Lipinski definition) is 6. The summed E-state index contributed by atoms with van der Waals surface area (Å²) in [6, 6.07) is 19.2. The standard InChI is InChI=1S/C28H26FNO5S/c1-3-33-25-16-20(10-13-24(25)35-18-21-6-4-5-7-23(21)29)17-26-27(31)30(28(32)36-26)14-15-34-22-11-8-19(2)9-12-22/h4-13,16-17H,3,14-15,18H2,1-2H3/b26-17-. The van der Waals surface area contributed by atoms with Gasteiger partial charge in [0.05, 0.1) is 18.1 Å². The molecule has 186 valence electrons. The SMILES string of the molecule is CCOc1cc(/C=C2\SC(=O)N(CCOc3ccc(C)cc3)C2=O)ccc1OCc1ccccc1F. The van der Waals surface area contributed by atoms with Gasteiger partial charge in [-0.2, -0.15) is 0 Å². The second-order valence-corrected chi connectivity index (χ2v) is 9.01. The number of hydrogen-bond donors (Lipinski definition) is 0. The zero-order valence-corrected chi connectivity index (χ0v) is 20.8. The Labute approximate surface area is 213 Å². The average Bonchev–Trinajstić information content (AvgIpc) is 3.13. The lowest BCUT2D eigenvalue weighted by Crippen LogP contribution is -2.32. The molecule has 0 aromatic heterocycles. The number of thioether (sulfide) groups is 1. The van der Waals surface area contributed by atoms with E-state index in [0.29, 0.717) is 39.9 Å². The molecule has 1 heterocycles. The van der Waals surface area contributed by atoms with E-state index < -0.39 is 0 Å². The van der Waals surface area contributed by atoms with Crippen LogP contribution in [0.25, 0.3) is 6.08 Å². The lowest BCUT2D eigenvalue weighted by molar-refractivity contribution is -0.123. The summed E-state index contributed by atoms with van der Waals surface area (Å²) >= 11 is 0.887. The van der Waals surface area contributed by atoms with E-state index in [1.807, 2.05) is 38.1 Å². The fourth-order valence-electron chi connectivity index (χ4n) is 3.51. The smallest absolute Gasteiger partial charge is 0.293 e. The first-order chi connectivity index (χ1) is 17.4. The molecule has 1 aliphatic rings. The van der Waals surface area contributed by atoms with E-state index in [4.69, 9.17) is 14.2 Å². The van der Waals surface area contributed by atoms with E-state index in [2.05, 4.69) is 0 Å². The molecule has 2 amide bonds. The van der Waals surface area contributed by atoms with E-state index in [-0.39, 0.29) is 36.7 Å². The highest BCUT2D eigenvalue weighted by Gasteiger charge is 2.34. The first-order valence-corrected chi connectivity index (χ1v) is 12.3. The predicted octanol–water partition coefficient (Wildman–Crippen LogP) is 6.23. The van der Waals surface area contributed by atoms with Crippen LogP contribution in [0.2, 0.25) is 0 Å². The summed E-state index contributed by atoms with van der Waals surface area (Å²) in [5.74, 6) is 0.901. The van der Waals surface area contributed by atoms with E-state index in [1.54, 1.807) is 42.5 Å². The van der Waals surface area contributed by atoms with Crippen LogP contribution in [0.15, 0.2) is 71.6 Å². The Kier molecular flexibility index (Phi) is 8.28. The predicted molar refractivity (Wildman–Crippen MR) is 138 cm³/mol. The number of halogens is 1. The number of amides is 2. The molecular weight excluding hydrogens is 481 g/mol. The van der Waals surface area contributed by atoms with Gasteiger partial charge in [0, 0.05) is 5.56 Å². The molecule has 0 aliphatic carbocycles. The number of ether oxygens (including phenoxy) is 3. The molecular formula is C28H26FNO5S. The Morgan fingerprint density at radius 3 is 2.47 bits per heavy atom. The molecule has 0 atom stereocenters. The van der Waals surface area contributed by atoms with Gasteiger partial charge in [0.2, 0.25) is 0 Å². The highest BCUT2D eigenvalue weighted by molar-refractivity contribution is 8.18. The van der Waals surface area contributed by atoms with Gasteiger partial charge in [-0.1, -0.05) is 42.0 Å².